The van der Waals surface area contributed by atoms with Gasteiger partial charge in [-0.15, -0.1) is 11.3 Å². The average molecular weight is 274 g/mol. The van der Waals surface area contributed by atoms with Crippen LogP contribution in [-0.2, 0) is 0 Å². The minimum absolute atomic E-state index is 0.264. The molecule has 0 aromatic carbocycles. The number of hydrogen-bond donors (Lipinski definition) is 1. The number of thiophene rings is 1. The van der Waals surface area contributed by atoms with Crippen molar-refractivity contribution in [2.24, 2.45) is 0 Å². The molecule has 1 aromatic heterocycles. The van der Waals surface area contributed by atoms with Gasteiger partial charge in [0.15, 0.2) is 5.78 Å². The van der Waals surface area contributed by atoms with E-state index >= 15 is 0 Å². The van der Waals surface area contributed by atoms with Gasteiger partial charge in [-0.25, -0.2) is 0 Å². The van der Waals surface area contributed by atoms with Crippen LogP contribution in [0.1, 0.15) is 28.9 Å². The Morgan fingerprint density at radius 2 is 2.57 bits per heavy atom. The summed E-state index contributed by atoms with van der Waals surface area (Å²) in [4.78, 5) is 12.6. The molecule has 1 saturated heterocycles. The van der Waals surface area contributed by atoms with Gasteiger partial charge in [-0.3, -0.25) is 4.79 Å². The molecule has 2 rings (SSSR count). The van der Waals surface area contributed by atoms with E-state index in [-0.39, 0.29) is 5.78 Å². The monoisotopic (exact) mass is 273 g/mol. The predicted octanol–water partition coefficient (Wildman–Crippen LogP) is 2.84. The third kappa shape index (κ3) is 2.43. The molecule has 0 radical (unpaired) electrons. The van der Waals surface area contributed by atoms with Gasteiger partial charge in [0.25, 0.3) is 0 Å². The standard InChI is InChI=1S/C10H12BrNOS/c11-7-4-10(14-6-7)9(13)5-8-2-1-3-12-8/h4,6,8,12H,1-3,5H2. The zero-order valence-corrected chi connectivity index (χ0v) is 10.2. The highest BCUT2D eigenvalue weighted by Gasteiger charge is 2.19. The molecule has 0 amide bonds. The van der Waals surface area contributed by atoms with Crippen molar-refractivity contribution in [2.45, 2.75) is 25.3 Å². The first-order valence-electron chi connectivity index (χ1n) is 4.76. The fraction of sp³-hybridized carbons (Fsp3) is 0.500. The first kappa shape index (κ1) is 10.3. The van der Waals surface area contributed by atoms with Crippen LogP contribution in [0.25, 0.3) is 0 Å². The van der Waals surface area contributed by atoms with Crippen molar-refractivity contribution in [3.05, 3.63) is 20.8 Å². The molecule has 1 unspecified atom stereocenters. The first-order chi connectivity index (χ1) is 6.75. The summed E-state index contributed by atoms with van der Waals surface area (Å²) >= 11 is 4.87. The van der Waals surface area contributed by atoms with Gasteiger partial charge in [0, 0.05) is 22.3 Å². The fourth-order valence-corrected chi connectivity index (χ4v) is 3.09. The van der Waals surface area contributed by atoms with Gasteiger partial charge in [0.1, 0.15) is 0 Å². The van der Waals surface area contributed by atoms with E-state index in [0.717, 1.165) is 22.3 Å². The number of nitrogens with one attached hydrogen (secondary N) is 1. The lowest BCUT2D eigenvalue weighted by atomic mass is 10.1. The number of hydrogen-bond acceptors (Lipinski definition) is 3. The molecule has 76 valence electrons. The number of carbonyl (C=O) groups is 1. The lowest BCUT2D eigenvalue weighted by Gasteiger charge is -2.06. The van der Waals surface area contributed by atoms with Crippen LogP contribution in [0, 0.1) is 0 Å². The quantitative estimate of drug-likeness (QED) is 0.859. The molecule has 14 heavy (non-hydrogen) atoms. The molecule has 1 aliphatic heterocycles. The van der Waals surface area contributed by atoms with Gasteiger partial charge in [0.05, 0.1) is 4.88 Å². The second-order valence-corrected chi connectivity index (χ2v) is 5.38. The first-order valence-corrected chi connectivity index (χ1v) is 6.43. The third-order valence-electron chi connectivity index (χ3n) is 2.44. The number of Topliss-reactive ketones (excluding diaryl/α,β-unsaturated/α-hetero) is 1. The van der Waals surface area contributed by atoms with Crippen LogP contribution in [0.2, 0.25) is 0 Å². The molecule has 0 aliphatic carbocycles. The summed E-state index contributed by atoms with van der Waals surface area (Å²) in [5.41, 5.74) is 0. The maximum absolute atomic E-state index is 11.8. The van der Waals surface area contributed by atoms with E-state index in [4.69, 9.17) is 0 Å². The molecule has 1 aromatic rings. The molecule has 1 aliphatic rings. The Kier molecular flexibility index (Phi) is 3.36. The Labute approximate surface area is 95.8 Å². The van der Waals surface area contributed by atoms with Crippen LogP contribution < -0.4 is 5.32 Å². The average Bonchev–Trinajstić information content (AvgIpc) is 2.75. The van der Waals surface area contributed by atoms with E-state index in [1.165, 1.54) is 17.8 Å². The second kappa shape index (κ2) is 4.55. The molecule has 0 spiro atoms. The summed E-state index contributed by atoms with van der Waals surface area (Å²) in [6.45, 7) is 1.06. The summed E-state index contributed by atoms with van der Waals surface area (Å²) in [6, 6.07) is 2.31. The van der Waals surface area contributed by atoms with Gasteiger partial charge in [-0.1, -0.05) is 0 Å². The Morgan fingerprint density at radius 1 is 1.71 bits per heavy atom. The van der Waals surface area contributed by atoms with Crippen molar-refractivity contribution in [1.29, 1.82) is 0 Å². The highest BCUT2D eigenvalue weighted by molar-refractivity contribution is 9.10. The van der Waals surface area contributed by atoms with Gasteiger partial charge in [0.2, 0.25) is 0 Å². The lowest BCUT2D eigenvalue weighted by molar-refractivity contribution is 0.0975. The second-order valence-electron chi connectivity index (χ2n) is 3.55. The summed E-state index contributed by atoms with van der Waals surface area (Å²) in [6.07, 6.45) is 2.98. The summed E-state index contributed by atoms with van der Waals surface area (Å²) in [7, 11) is 0. The molecule has 1 atom stereocenters. The summed E-state index contributed by atoms with van der Waals surface area (Å²) in [5, 5.41) is 5.29. The van der Waals surface area contributed by atoms with Crippen molar-refractivity contribution in [3.63, 3.8) is 0 Å². The van der Waals surface area contributed by atoms with Gasteiger partial charge in [-0.2, -0.15) is 0 Å². The largest absolute Gasteiger partial charge is 0.314 e. The predicted molar refractivity (Wildman–Crippen MR) is 62.0 cm³/mol. The molecular formula is C10H12BrNOS. The van der Waals surface area contributed by atoms with Crippen molar-refractivity contribution >= 4 is 33.0 Å². The third-order valence-corrected chi connectivity index (χ3v) is 4.17. The fourth-order valence-electron chi connectivity index (χ4n) is 1.71. The van der Waals surface area contributed by atoms with E-state index in [1.807, 2.05) is 11.4 Å². The Hall–Kier alpha value is -0.190. The van der Waals surface area contributed by atoms with Gasteiger partial charge < -0.3 is 5.32 Å². The van der Waals surface area contributed by atoms with Crippen molar-refractivity contribution in [3.8, 4) is 0 Å². The number of rotatable bonds is 3. The zero-order valence-electron chi connectivity index (χ0n) is 7.75. The topological polar surface area (TPSA) is 29.1 Å². The van der Waals surface area contributed by atoms with Crippen LogP contribution in [0.4, 0.5) is 0 Å². The highest BCUT2D eigenvalue weighted by Crippen LogP contribution is 2.22. The Morgan fingerprint density at radius 3 is 3.14 bits per heavy atom. The molecule has 4 heteroatoms. The lowest BCUT2D eigenvalue weighted by Crippen LogP contribution is -2.24. The van der Waals surface area contributed by atoms with E-state index in [0.29, 0.717) is 12.5 Å². The molecule has 2 nitrogen and oxygen atoms in total. The Balaban J connectivity index is 1.95. The van der Waals surface area contributed by atoms with Gasteiger partial charge in [-0.05, 0) is 41.4 Å². The normalized spacial score (nSPS) is 21.4. The number of halogens is 1. The van der Waals surface area contributed by atoms with Crippen LogP contribution in [0.5, 0.6) is 0 Å². The van der Waals surface area contributed by atoms with Crippen molar-refractivity contribution in [2.75, 3.05) is 6.54 Å². The number of ketones is 1. The molecular weight excluding hydrogens is 262 g/mol. The van der Waals surface area contributed by atoms with Crippen LogP contribution in [-0.4, -0.2) is 18.4 Å². The molecule has 1 fully saturated rings. The SMILES string of the molecule is O=C(CC1CCCN1)c1cc(Br)cs1. The summed E-state index contributed by atoms with van der Waals surface area (Å²) < 4.78 is 1.00. The van der Waals surface area contributed by atoms with Crippen LogP contribution in [0.3, 0.4) is 0 Å². The maximum Gasteiger partial charge on any atom is 0.174 e. The van der Waals surface area contributed by atoms with E-state index in [2.05, 4.69) is 21.2 Å². The molecule has 0 bridgehead atoms. The Bertz CT molecular complexity index is 331. The van der Waals surface area contributed by atoms with Crippen LogP contribution >= 0.6 is 27.3 Å². The minimum atomic E-state index is 0.264. The molecule has 2 heterocycles. The molecule has 0 saturated carbocycles. The highest BCUT2D eigenvalue weighted by atomic mass is 79.9. The summed E-state index contributed by atoms with van der Waals surface area (Å²) in [5.74, 6) is 0.264. The van der Waals surface area contributed by atoms with Crippen molar-refractivity contribution < 1.29 is 4.79 Å². The van der Waals surface area contributed by atoms with Crippen LogP contribution in [0.15, 0.2) is 15.9 Å². The van der Waals surface area contributed by atoms with E-state index in [1.54, 1.807) is 0 Å². The number of carbonyl (C=O) groups excluding carboxylic acids is 1. The molecule has 1 N–H and O–H groups in total. The van der Waals surface area contributed by atoms with E-state index < -0.39 is 0 Å². The van der Waals surface area contributed by atoms with Crippen molar-refractivity contribution in [1.82, 2.24) is 5.32 Å². The smallest absolute Gasteiger partial charge is 0.174 e. The van der Waals surface area contributed by atoms with Gasteiger partial charge >= 0.3 is 0 Å². The van der Waals surface area contributed by atoms with E-state index in [9.17, 15) is 4.79 Å². The maximum atomic E-state index is 11.8. The zero-order chi connectivity index (χ0) is 9.97. The minimum Gasteiger partial charge on any atom is -0.314 e.